The number of H-pyrrole nitrogens is 1. The molecule has 192 valence electrons. The zero-order chi connectivity index (χ0) is 25.9. The van der Waals surface area contributed by atoms with Crippen LogP contribution < -0.4 is 10.6 Å². The van der Waals surface area contributed by atoms with Gasteiger partial charge in [-0.1, -0.05) is 24.3 Å². The molecule has 1 aliphatic rings. The highest BCUT2D eigenvalue weighted by Crippen LogP contribution is 2.30. The maximum absolute atomic E-state index is 13.3. The van der Waals surface area contributed by atoms with Gasteiger partial charge in [0.1, 0.15) is 11.5 Å². The standard InChI is InChI=1S/C29H28FN7O/c30-23-4-3-5-25(17-23)33-29(38)32-24-9-6-20(7-10-24)21-8-11-26-27(16-21)34-35-28(26)22-18-31-37(19-22)15-14-36-12-1-2-13-36/h3-11,16-19H,1-2,12-15H2,(H,34,35)(H2,32,33,38). The van der Waals surface area contributed by atoms with E-state index in [4.69, 9.17) is 0 Å². The number of carbonyl (C=O) groups excluding carboxylic acids is 1. The predicted octanol–water partition coefficient (Wildman–Crippen LogP) is 5.97. The molecule has 8 nitrogen and oxygen atoms in total. The van der Waals surface area contributed by atoms with Crippen molar-refractivity contribution < 1.29 is 9.18 Å². The molecule has 3 heterocycles. The van der Waals surface area contributed by atoms with Crippen LogP contribution in [-0.2, 0) is 6.54 Å². The number of urea groups is 1. The third-order valence-electron chi connectivity index (χ3n) is 6.87. The molecule has 0 bridgehead atoms. The summed E-state index contributed by atoms with van der Waals surface area (Å²) in [5, 5.41) is 18.7. The van der Waals surface area contributed by atoms with Gasteiger partial charge in [-0.05, 0) is 79.5 Å². The summed E-state index contributed by atoms with van der Waals surface area (Å²) in [6.45, 7) is 4.28. The predicted molar refractivity (Wildman–Crippen MR) is 147 cm³/mol. The number of halogens is 1. The number of hydrogen-bond donors (Lipinski definition) is 3. The molecule has 1 fully saturated rings. The van der Waals surface area contributed by atoms with Gasteiger partial charge in [0.25, 0.3) is 0 Å². The van der Waals surface area contributed by atoms with Crippen LogP contribution in [0.4, 0.5) is 20.6 Å². The number of nitrogens with zero attached hydrogens (tertiary/aromatic N) is 4. The van der Waals surface area contributed by atoms with Crippen molar-refractivity contribution >= 4 is 28.3 Å². The Bertz CT molecular complexity index is 1570. The zero-order valence-corrected chi connectivity index (χ0v) is 20.8. The van der Waals surface area contributed by atoms with Crippen LogP contribution in [0.25, 0.3) is 33.3 Å². The summed E-state index contributed by atoms with van der Waals surface area (Å²) < 4.78 is 15.3. The summed E-state index contributed by atoms with van der Waals surface area (Å²) in [6, 6.07) is 19.1. The average Bonchev–Trinajstić information content (AvgIpc) is 3.68. The first-order chi connectivity index (χ1) is 18.6. The van der Waals surface area contributed by atoms with Crippen molar-refractivity contribution in [3.63, 3.8) is 0 Å². The quantitative estimate of drug-likeness (QED) is 0.252. The van der Waals surface area contributed by atoms with Gasteiger partial charge in [-0.3, -0.25) is 9.78 Å². The second-order valence-corrected chi connectivity index (χ2v) is 9.54. The molecule has 0 atom stereocenters. The number of benzene rings is 3. The smallest absolute Gasteiger partial charge is 0.308 e. The van der Waals surface area contributed by atoms with Gasteiger partial charge in [0.05, 0.1) is 18.3 Å². The van der Waals surface area contributed by atoms with Gasteiger partial charge < -0.3 is 15.5 Å². The van der Waals surface area contributed by atoms with Crippen LogP contribution in [0, 0.1) is 5.82 Å². The molecule has 0 aliphatic carbocycles. The Morgan fingerprint density at radius 1 is 0.895 bits per heavy atom. The Hall–Kier alpha value is -4.50. The number of anilines is 2. The first kappa shape index (κ1) is 23.9. The zero-order valence-electron chi connectivity index (χ0n) is 20.8. The number of fused-ring (bicyclic) bond motifs is 1. The van der Waals surface area contributed by atoms with Gasteiger partial charge in [-0.2, -0.15) is 10.2 Å². The van der Waals surface area contributed by atoms with Crippen LogP contribution in [0.1, 0.15) is 12.8 Å². The van der Waals surface area contributed by atoms with Crippen molar-refractivity contribution in [3.8, 4) is 22.4 Å². The van der Waals surface area contributed by atoms with Gasteiger partial charge >= 0.3 is 6.03 Å². The van der Waals surface area contributed by atoms with E-state index >= 15 is 0 Å². The molecule has 6 rings (SSSR count). The highest BCUT2D eigenvalue weighted by atomic mass is 19.1. The number of rotatable bonds is 7. The molecule has 0 radical (unpaired) electrons. The van der Waals surface area contributed by atoms with Gasteiger partial charge in [0.2, 0.25) is 0 Å². The van der Waals surface area contributed by atoms with Crippen molar-refractivity contribution in [2.45, 2.75) is 19.4 Å². The Kier molecular flexibility index (Phi) is 6.58. The summed E-state index contributed by atoms with van der Waals surface area (Å²) in [6.07, 6.45) is 6.53. The van der Waals surface area contributed by atoms with Crippen LogP contribution >= 0.6 is 0 Å². The maximum Gasteiger partial charge on any atom is 0.323 e. The van der Waals surface area contributed by atoms with E-state index in [0.29, 0.717) is 11.4 Å². The van der Waals surface area contributed by atoms with E-state index in [1.54, 1.807) is 12.1 Å². The van der Waals surface area contributed by atoms with Crippen LogP contribution in [0.3, 0.4) is 0 Å². The molecule has 3 aromatic carbocycles. The minimum absolute atomic E-state index is 0.390. The van der Waals surface area contributed by atoms with E-state index in [-0.39, 0.29) is 0 Å². The number of aromatic nitrogens is 4. The third-order valence-corrected chi connectivity index (χ3v) is 6.87. The molecular formula is C29H28FN7O. The highest BCUT2D eigenvalue weighted by Gasteiger charge is 2.14. The second kappa shape index (κ2) is 10.5. The Balaban J connectivity index is 1.12. The topological polar surface area (TPSA) is 90.9 Å². The Labute approximate surface area is 219 Å². The lowest BCUT2D eigenvalue weighted by Crippen LogP contribution is -2.24. The molecular weight excluding hydrogens is 481 g/mol. The summed E-state index contributed by atoms with van der Waals surface area (Å²) in [4.78, 5) is 14.7. The van der Waals surface area contributed by atoms with Gasteiger partial charge in [-0.15, -0.1) is 0 Å². The largest absolute Gasteiger partial charge is 0.323 e. The molecule has 9 heteroatoms. The van der Waals surface area contributed by atoms with Crippen molar-refractivity contribution in [2.24, 2.45) is 0 Å². The molecule has 2 amide bonds. The van der Waals surface area contributed by atoms with Gasteiger partial charge in [-0.25, -0.2) is 9.18 Å². The summed E-state index contributed by atoms with van der Waals surface area (Å²) in [5.74, 6) is -0.406. The number of hydrogen-bond acceptors (Lipinski definition) is 4. The molecule has 2 aromatic heterocycles. The number of likely N-dealkylation sites (tertiary alicyclic amines) is 1. The lowest BCUT2D eigenvalue weighted by atomic mass is 10.0. The van der Waals surface area contributed by atoms with Crippen LogP contribution in [-0.4, -0.2) is 50.5 Å². The maximum atomic E-state index is 13.3. The minimum Gasteiger partial charge on any atom is -0.308 e. The molecule has 5 aromatic rings. The molecule has 3 N–H and O–H groups in total. The SMILES string of the molecule is O=C(Nc1ccc(-c2ccc3c(-c4cnn(CCN5CCCC5)c4)n[nH]c3c2)cc1)Nc1cccc(F)c1. The first-order valence-corrected chi connectivity index (χ1v) is 12.8. The van der Waals surface area contributed by atoms with E-state index in [1.165, 1.54) is 38.1 Å². The highest BCUT2D eigenvalue weighted by molar-refractivity contribution is 6.00. The number of aromatic amines is 1. The summed E-state index contributed by atoms with van der Waals surface area (Å²) in [5.41, 5.74) is 5.90. The van der Waals surface area contributed by atoms with Crippen LogP contribution in [0.2, 0.25) is 0 Å². The van der Waals surface area contributed by atoms with Crippen molar-refractivity contribution in [3.05, 3.63) is 84.9 Å². The number of amides is 2. The van der Waals surface area contributed by atoms with Crippen molar-refractivity contribution in [2.75, 3.05) is 30.3 Å². The molecule has 1 saturated heterocycles. The lowest BCUT2D eigenvalue weighted by Gasteiger charge is -2.13. The number of carbonyl (C=O) groups is 1. The normalized spacial score (nSPS) is 13.7. The second-order valence-electron chi connectivity index (χ2n) is 9.54. The molecule has 38 heavy (non-hydrogen) atoms. The van der Waals surface area contributed by atoms with Crippen molar-refractivity contribution in [1.82, 2.24) is 24.9 Å². The van der Waals surface area contributed by atoms with E-state index in [0.717, 1.165) is 46.4 Å². The third kappa shape index (κ3) is 5.28. The fraction of sp³-hybridized carbons (Fsp3) is 0.207. The monoisotopic (exact) mass is 509 g/mol. The summed E-state index contributed by atoms with van der Waals surface area (Å²) in [7, 11) is 0. The fourth-order valence-corrected chi connectivity index (χ4v) is 4.88. The van der Waals surface area contributed by atoms with E-state index in [2.05, 4.69) is 55.2 Å². The molecule has 0 unspecified atom stereocenters. The minimum atomic E-state index is -0.436. The molecule has 0 saturated carbocycles. The first-order valence-electron chi connectivity index (χ1n) is 12.8. The Morgan fingerprint density at radius 2 is 1.68 bits per heavy atom. The van der Waals surface area contributed by atoms with Crippen molar-refractivity contribution in [1.29, 1.82) is 0 Å². The van der Waals surface area contributed by atoms with Gasteiger partial charge in [0.15, 0.2) is 0 Å². The van der Waals surface area contributed by atoms with E-state index in [9.17, 15) is 9.18 Å². The van der Waals surface area contributed by atoms with Crippen LogP contribution in [0.15, 0.2) is 79.1 Å². The fourth-order valence-electron chi connectivity index (χ4n) is 4.88. The number of nitrogens with one attached hydrogen (secondary N) is 3. The van der Waals surface area contributed by atoms with E-state index in [1.807, 2.05) is 35.1 Å². The molecule has 1 aliphatic heterocycles. The van der Waals surface area contributed by atoms with Gasteiger partial charge in [0, 0.05) is 35.1 Å². The van der Waals surface area contributed by atoms with E-state index < -0.39 is 11.8 Å². The summed E-state index contributed by atoms with van der Waals surface area (Å²) >= 11 is 0. The molecule has 0 spiro atoms. The average molecular weight is 510 g/mol. The Morgan fingerprint density at radius 3 is 2.50 bits per heavy atom. The lowest BCUT2D eigenvalue weighted by molar-refractivity contribution is 0.262. The van der Waals surface area contributed by atoms with Crippen LogP contribution in [0.5, 0.6) is 0 Å².